The molecule has 0 spiro atoms. The van der Waals surface area contributed by atoms with Crippen molar-refractivity contribution in [2.75, 3.05) is 5.32 Å². The van der Waals surface area contributed by atoms with Crippen LogP contribution in [0.2, 0.25) is 0 Å². The number of hydrogen-bond acceptors (Lipinski definition) is 4. The van der Waals surface area contributed by atoms with Gasteiger partial charge in [-0.15, -0.1) is 0 Å². The Kier molecular flexibility index (Phi) is 7.68. The fraction of sp³-hybridized carbons (Fsp3) is 0.667. The van der Waals surface area contributed by atoms with E-state index < -0.39 is 16.1 Å². The van der Waals surface area contributed by atoms with Crippen molar-refractivity contribution < 1.29 is 9.53 Å². The maximum Gasteiger partial charge on any atom is 0.409 e. The fourth-order valence-electron chi connectivity index (χ4n) is 3.34. The first-order chi connectivity index (χ1) is 12.2. The first kappa shape index (κ1) is 21.4. The molecular formula is C18H26Cl3N3O2. The Morgan fingerprint density at radius 1 is 1.31 bits per heavy atom. The number of anilines is 1. The minimum absolute atomic E-state index is 0.135. The molecule has 146 valence electrons. The molecule has 1 saturated carbocycles. The van der Waals surface area contributed by atoms with Crippen LogP contribution in [-0.2, 0) is 4.74 Å². The summed E-state index contributed by atoms with van der Waals surface area (Å²) in [5, 5.41) is 5.53. The van der Waals surface area contributed by atoms with Gasteiger partial charge in [0.25, 0.3) is 0 Å². The summed E-state index contributed by atoms with van der Waals surface area (Å²) in [6.45, 7) is 6.49. The van der Waals surface area contributed by atoms with E-state index in [0.717, 1.165) is 19.3 Å². The molecule has 2 rings (SSSR count). The highest BCUT2D eigenvalue weighted by molar-refractivity contribution is 6.68. The van der Waals surface area contributed by atoms with E-state index in [1.165, 1.54) is 0 Å². The van der Waals surface area contributed by atoms with Gasteiger partial charge in [-0.1, -0.05) is 68.1 Å². The second-order valence-electron chi connectivity index (χ2n) is 7.25. The zero-order chi connectivity index (χ0) is 19.3. The number of amides is 1. The van der Waals surface area contributed by atoms with E-state index in [4.69, 9.17) is 39.5 Å². The number of pyridine rings is 1. The van der Waals surface area contributed by atoms with Crippen molar-refractivity contribution in [3.63, 3.8) is 0 Å². The van der Waals surface area contributed by atoms with Gasteiger partial charge in [-0.25, -0.2) is 9.78 Å². The highest BCUT2D eigenvalue weighted by Crippen LogP contribution is 2.36. The van der Waals surface area contributed by atoms with Gasteiger partial charge in [0.05, 0.1) is 0 Å². The Balaban J connectivity index is 2.01. The lowest BCUT2D eigenvalue weighted by Gasteiger charge is -2.37. The SMILES string of the molecule is CC(C)[C@H]1CC[C@@H](C)C[C@H]1OC(=O)N[C@@H](Nc1ccccn1)C(Cl)(Cl)Cl. The minimum Gasteiger partial charge on any atom is -0.446 e. The van der Waals surface area contributed by atoms with Crippen molar-refractivity contribution in [1.82, 2.24) is 10.3 Å². The van der Waals surface area contributed by atoms with Crippen LogP contribution in [0.15, 0.2) is 24.4 Å². The smallest absolute Gasteiger partial charge is 0.409 e. The highest BCUT2D eigenvalue weighted by Gasteiger charge is 2.37. The molecule has 1 amide bonds. The maximum absolute atomic E-state index is 12.5. The second kappa shape index (κ2) is 9.34. The third-order valence-corrected chi connectivity index (χ3v) is 5.42. The van der Waals surface area contributed by atoms with Crippen LogP contribution in [0.1, 0.15) is 40.0 Å². The van der Waals surface area contributed by atoms with Crippen molar-refractivity contribution in [2.24, 2.45) is 17.8 Å². The van der Waals surface area contributed by atoms with Crippen LogP contribution in [0.3, 0.4) is 0 Å². The number of alkyl carbamates (subject to hydrolysis) is 1. The van der Waals surface area contributed by atoms with Crippen LogP contribution in [0, 0.1) is 17.8 Å². The van der Waals surface area contributed by atoms with Gasteiger partial charge in [-0.3, -0.25) is 5.32 Å². The third kappa shape index (κ3) is 6.36. The molecule has 0 aliphatic heterocycles. The number of carbonyl (C=O) groups excluding carboxylic acids is 1. The largest absolute Gasteiger partial charge is 0.446 e. The molecule has 8 heteroatoms. The van der Waals surface area contributed by atoms with Gasteiger partial charge in [0, 0.05) is 6.20 Å². The average Bonchev–Trinajstić information content (AvgIpc) is 2.54. The summed E-state index contributed by atoms with van der Waals surface area (Å²) >= 11 is 18.0. The number of halogens is 3. The first-order valence-electron chi connectivity index (χ1n) is 8.88. The molecule has 1 fully saturated rings. The second-order valence-corrected chi connectivity index (χ2v) is 9.62. The van der Waals surface area contributed by atoms with Gasteiger partial charge < -0.3 is 10.1 Å². The van der Waals surface area contributed by atoms with Crippen LogP contribution < -0.4 is 10.6 Å². The zero-order valence-corrected chi connectivity index (χ0v) is 17.5. The minimum atomic E-state index is -1.77. The van der Waals surface area contributed by atoms with Gasteiger partial charge in [0.2, 0.25) is 3.79 Å². The molecule has 26 heavy (non-hydrogen) atoms. The quantitative estimate of drug-likeness (QED) is 0.494. The summed E-state index contributed by atoms with van der Waals surface area (Å²) < 4.78 is 3.94. The Labute approximate surface area is 170 Å². The molecule has 0 bridgehead atoms. The molecule has 2 N–H and O–H groups in total. The van der Waals surface area contributed by atoms with Crippen molar-refractivity contribution in [3.05, 3.63) is 24.4 Å². The number of carbonyl (C=O) groups is 1. The molecule has 1 aliphatic rings. The van der Waals surface area contributed by atoms with E-state index in [1.807, 2.05) is 0 Å². The van der Waals surface area contributed by atoms with E-state index in [2.05, 4.69) is 36.4 Å². The fourth-order valence-corrected chi connectivity index (χ4v) is 3.66. The molecular weight excluding hydrogens is 397 g/mol. The summed E-state index contributed by atoms with van der Waals surface area (Å²) in [6.07, 6.45) is 2.95. The Hall–Kier alpha value is -0.910. The lowest BCUT2D eigenvalue weighted by atomic mass is 9.75. The Bertz CT molecular complexity index is 581. The van der Waals surface area contributed by atoms with Gasteiger partial charge in [-0.2, -0.15) is 0 Å². The lowest BCUT2D eigenvalue weighted by Crippen LogP contribution is -2.51. The summed E-state index contributed by atoms with van der Waals surface area (Å²) in [6, 6.07) is 5.28. The predicted octanol–water partition coefficient (Wildman–Crippen LogP) is 5.38. The molecule has 0 saturated heterocycles. The molecule has 1 aliphatic carbocycles. The maximum atomic E-state index is 12.5. The van der Waals surface area contributed by atoms with Crippen LogP contribution in [0.25, 0.3) is 0 Å². The Morgan fingerprint density at radius 2 is 2.04 bits per heavy atom. The molecule has 1 aromatic rings. The molecule has 0 aromatic carbocycles. The van der Waals surface area contributed by atoms with Crippen LogP contribution in [0.5, 0.6) is 0 Å². The first-order valence-corrected chi connectivity index (χ1v) is 10.0. The number of ether oxygens (including phenoxy) is 1. The summed E-state index contributed by atoms with van der Waals surface area (Å²) in [5.74, 6) is 1.79. The number of nitrogens with one attached hydrogen (secondary N) is 2. The Morgan fingerprint density at radius 3 is 2.62 bits per heavy atom. The molecule has 0 radical (unpaired) electrons. The van der Waals surface area contributed by atoms with Crippen LogP contribution in [0.4, 0.5) is 10.6 Å². The van der Waals surface area contributed by atoms with Crippen molar-refractivity contribution in [2.45, 2.75) is 56.1 Å². The zero-order valence-electron chi connectivity index (χ0n) is 15.2. The van der Waals surface area contributed by atoms with Crippen molar-refractivity contribution in [1.29, 1.82) is 0 Å². The standard InChI is InChI=1S/C18H26Cl3N3O2/c1-11(2)13-8-7-12(3)10-14(13)26-17(25)24-16(18(19,20)21)23-15-6-4-5-9-22-15/h4-6,9,11-14,16H,7-8,10H2,1-3H3,(H,22,23)(H,24,25)/t12-,13-,14-,16-/m1/s1. The van der Waals surface area contributed by atoms with E-state index in [1.54, 1.807) is 24.4 Å². The predicted molar refractivity (Wildman–Crippen MR) is 107 cm³/mol. The van der Waals surface area contributed by atoms with Crippen LogP contribution >= 0.6 is 34.8 Å². The third-order valence-electron chi connectivity index (χ3n) is 4.77. The highest BCUT2D eigenvalue weighted by atomic mass is 35.6. The molecule has 4 atom stereocenters. The van der Waals surface area contributed by atoms with E-state index in [-0.39, 0.29) is 6.10 Å². The normalized spacial score (nSPS) is 24.8. The number of rotatable bonds is 5. The number of nitrogens with zero attached hydrogens (tertiary/aromatic N) is 1. The average molecular weight is 423 g/mol. The lowest BCUT2D eigenvalue weighted by molar-refractivity contribution is 0.00534. The summed E-state index contributed by atoms with van der Waals surface area (Å²) in [4.78, 5) is 16.6. The van der Waals surface area contributed by atoms with Gasteiger partial charge in [-0.05, 0) is 42.7 Å². The number of alkyl halides is 3. The summed E-state index contributed by atoms with van der Waals surface area (Å²) in [7, 11) is 0. The van der Waals surface area contributed by atoms with Gasteiger partial charge in [0.1, 0.15) is 11.9 Å². The van der Waals surface area contributed by atoms with Crippen molar-refractivity contribution >= 4 is 46.7 Å². The molecule has 0 unspecified atom stereocenters. The van der Waals surface area contributed by atoms with Crippen LogP contribution in [-0.4, -0.2) is 27.1 Å². The van der Waals surface area contributed by atoms with Gasteiger partial charge in [0.15, 0.2) is 6.17 Å². The number of aromatic nitrogens is 1. The number of hydrogen-bond donors (Lipinski definition) is 2. The molecule has 1 heterocycles. The van der Waals surface area contributed by atoms with Gasteiger partial charge >= 0.3 is 6.09 Å². The summed E-state index contributed by atoms with van der Waals surface area (Å²) in [5.41, 5.74) is 0. The van der Waals surface area contributed by atoms with E-state index >= 15 is 0 Å². The topological polar surface area (TPSA) is 63.2 Å². The van der Waals surface area contributed by atoms with Crippen molar-refractivity contribution in [3.8, 4) is 0 Å². The molecule has 1 aromatic heterocycles. The molecule has 5 nitrogen and oxygen atoms in total. The van der Waals surface area contributed by atoms with E-state index in [9.17, 15) is 4.79 Å². The van der Waals surface area contributed by atoms with E-state index in [0.29, 0.717) is 23.6 Å². The monoisotopic (exact) mass is 421 g/mol.